The van der Waals surface area contributed by atoms with Crippen LogP contribution >= 0.6 is 0 Å². The first-order valence-corrected chi connectivity index (χ1v) is 2.59. The maximum absolute atomic E-state index is 11.8. The monoisotopic (exact) mass is 167 g/mol. The molecule has 0 atom stereocenters. The van der Waals surface area contributed by atoms with Crippen molar-refractivity contribution in [1.29, 1.82) is 0 Å². The molecule has 0 spiro atoms. The topological polar surface area (TPSA) is 78.1 Å². The third-order valence-electron chi connectivity index (χ3n) is 0.829. The van der Waals surface area contributed by atoms with Gasteiger partial charge in [-0.25, -0.2) is 0 Å². The van der Waals surface area contributed by atoms with E-state index in [1.807, 2.05) is 0 Å². The molecule has 0 unspecified atom stereocenters. The van der Waals surface area contributed by atoms with Gasteiger partial charge in [0.2, 0.25) is 0 Å². The molecular weight excluding hydrogens is 159 g/mol. The normalized spacial score (nSPS) is 12.8. The molecule has 0 aliphatic rings. The zero-order valence-corrected chi connectivity index (χ0v) is 5.52. The second kappa shape index (κ2) is 3.18. The standard InChI is InChI=1S/C5H8F3N3/c6-5(7,8)3(2-9)1-4(10)11/h1-2H,9-11H2/b3-2+. The summed E-state index contributed by atoms with van der Waals surface area (Å²) in [5.41, 5.74) is 13.2. The first-order valence-electron chi connectivity index (χ1n) is 2.59. The third kappa shape index (κ3) is 3.39. The Morgan fingerprint density at radius 3 is 1.73 bits per heavy atom. The summed E-state index contributed by atoms with van der Waals surface area (Å²) in [4.78, 5) is 0. The lowest BCUT2D eigenvalue weighted by atomic mass is 10.2. The lowest BCUT2D eigenvalue weighted by Crippen LogP contribution is -2.16. The minimum Gasteiger partial charge on any atom is -0.404 e. The minimum absolute atomic E-state index is 0.402. The number of hydrogen-bond acceptors (Lipinski definition) is 3. The SMILES string of the molecule is N/C=C(\C=C(N)N)C(F)(F)F. The summed E-state index contributed by atoms with van der Waals surface area (Å²) in [5, 5.41) is 0. The Kier molecular flexibility index (Phi) is 2.79. The summed E-state index contributed by atoms with van der Waals surface area (Å²) < 4.78 is 35.3. The van der Waals surface area contributed by atoms with E-state index in [2.05, 4.69) is 5.73 Å². The van der Waals surface area contributed by atoms with Crippen LogP contribution in [-0.2, 0) is 0 Å². The van der Waals surface area contributed by atoms with Gasteiger partial charge >= 0.3 is 6.18 Å². The Morgan fingerprint density at radius 1 is 1.18 bits per heavy atom. The van der Waals surface area contributed by atoms with Crippen LogP contribution in [0.1, 0.15) is 0 Å². The molecule has 6 N–H and O–H groups in total. The van der Waals surface area contributed by atoms with Crippen LogP contribution in [0.15, 0.2) is 23.7 Å². The summed E-state index contributed by atoms with van der Waals surface area (Å²) in [6.07, 6.45) is -3.54. The molecule has 0 bridgehead atoms. The van der Waals surface area contributed by atoms with E-state index in [0.29, 0.717) is 12.3 Å². The van der Waals surface area contributed by atoms with Crippen LogP contribution in [0.4, 0.5) is 13.2 Å². The number of rotatable bonds is 1. The molecule has 0 amide bonds. The lowest BCUT2D eigenvalue weighted by Gasteiger charge is -2.05. The summed E-state index contributed by atoms with van der Waals surface area (Å²) >= 11 is 0. The Hall–Kier alpha value is -1.33. The van der Waals surface area contributed by atoms with Crippen LogP contribution in [0.2, 0.25) is 0 Å². The van der Waals surface area contributed by atoms with E-state index in [1.54, 1.807) is 0 Å². The number of halogens is 3. The van der Waals surface area contributed by atoms with Crippen molar-refractivity contribution >= 4 is 0 Å². The van der Waals surface area contributed by atoms with Crippen LogP contribution < -0.4 is 17.2 Å². The molecule has 0 radical (unpaired) electrons. The zero-order chi connectivity index (χ0) is 9.07. The van der Waals surface area contributed by atoms with E-state index in [0.717, 1.165) is 0 Å². The van der Waals surface area contributed by atoms with Crippen molar-refractivity contribution in [2.45, 2.75) is 6.18 Å². The minimum atomic E-state index is -4.50. The molecule has 0 heterocycles. The van der Waals surface area contributed by atoms with Gasteiger partial charge in [-0.2, -0.15) is 13.2 Å². The van der Waals surface area contributed by atoms with Crippen molar-refractivity contribution in [2.24, 2.45) is 17.2 Å². The molecule has 0 saturated carbocycles. The van der Waals surface area contributed by atoms with Gasteiger partial charge in [-0.1, -0.05) is 0 Å². The van der Waals surface area contributed by atoms with Crippen LogP contribution in [0.5, 0.6) is 0 Å². The van der Waals surface area contributed by atoms with Gasteiger partial charge in [0.25, 0.3) is 0 Å². The molecule has 0 fully saturated rings. The smallest absolute Gasteiger partial charge is 0.404 e. The number of nitrogens with two attached hydrogens (primary N) is 3. The number of hydrogen-bond donors (Lipinski definition) is 3. The summed E-state index contributed by atoms with van der Waals surface area (Å²) in [6.45, 7) is 0. The largest absolute Gasteiger partial charge is 0.417 e. The molecular formula is C5H8F3N3. The highest BCUT2D eigenvalue weighted by Crippen LogP contribution is 2.25. The molecule has 3 nitrogen and oxygen atoms in total. The zero-order valence-electron chi connectivity index (χ0n) is 5.52. The first kappa shape index (κ1) is 9.67. The summed E-state index contributed by atoms with van der Waals surface area (Å²) in [5.74, 6) is -0.431. The summed E-state index contributed by atoms with van der Waals surface area (Å²) in [6, 6.07) is 0. The van der Waals surface area contributed by atoms with Crippen molar-refractivity contribution in [2.75, 3.05) is 0 Å². The third-order valence-corrected chi connectivity index (χ3v) is 0.829. The van der Waals surface area contributed by atoms with Gasteiger partial charge in [-0.3, -0.25) is 0 Å². The number of allylic oxidation sites excluding steroid dienone is 2. The van der Waals surface area contributed by atoms with Gasteiger partial charge < -0.3 is 17.2 Å². The quantitative estimate of drug-likeness (QED) is 0.486. The Morgan fingerprint density at radius 2 is 1.64 bits per heavy atom. The molecule has 0 aromatic carbocycles. The molecule has 64 valence electrons. The second-order valence-electron chi connectivity index (χ2n) is 1.76. The Bertz CT molecular complexity index is 188. The molecule has 0 saturated heterocycles. The Balaban J connectivity index is 4.60. The van der Waals surface area contributed by atoms with E-state index < -0.39 is 17.6 Å². The van der Waals surface area contributed by atoms with Gasteiger partial charge in [0.15, 0.2) is 0 Å². The summed E-state index contributed by atoms with van der Waals surface area (Å²) in [7, 11) is 0. The average molecular weight is 167 g/mol. The van der Waals surface area contributed by atoms with Gasteiger partial charge in [-0.15, -0.1) is 0 Å². The average Bonchev–Trinajstić information content (AvgIpc) is 1.79. The van der Waals surface area contributed by atoms with Crippen LogP contribution in [-0.4, -0.2) is 6.18 Å². The van der Waals surface area contributed by atoms with Gasteiger partial charge in [0.1, 0.15) is 0 Å². The van der Waals surface area contributed by atoms with Gasteiger partial charge in [-0.05, 0) is 6.08 Å². The fraction of sp³-hybridized carbons (Fsp3) is 0.200. The van der Waals surface area contributed by atoms with Crippen molar-refractivity contribution < 1.29 is 13.2 Å². The molecule has 0 aromatic rings. The van der Waals surface area contributed by atoms with Crippen LogP contribution in [0.3, 0.4) is 0 Å². The highest BCUT2D eigenvalue weighted by atomic mass is 19.4. The Labute approximate surface area is 61.3 Å². The molecule has 11 heavy (non-hydrogen) atoms. The van der Waals surface area contributed by atoms with Crippen molar-refractivity contribution in [3.8, 4) is 0 Å². The van der Waals surface area contributed by atoms with E-state index >= 15 is 0 Å². The van der Waals surface area contributed by atoms with Crippen molar-refractivity contribution in [3.63, 3.8) is 0 Å². The van der Waals surface area contributed by atoms with Crippen molar-refractivity contribution in [3.05, 3.63) is 23.7 Å². The fourth-order valence-electron chi connectivity index (χ4n) is 0.404. The lowest BCUT2D eigenvalue weighted by molar-refractivity contribution is -0.0884. The predicted octanol–water partition coefficient (Wildman–Crippen LogP) is 0.150. The van der Waals surface area contributed by atoms with E-state index in [1.165, 1.54) is 0 Å². The molecule has 0 rings (SSSR count). The maximum Gasteiger partial charge on any atom is 0.417 e. The molecule has 0 aliphatic carbocycles. The second-order valence-corrected chi connectivity index (χ2v) is 1.76. The highest BCUT2D eigenvalue weighted by Gasteiger charge is 2.31. The highest BCUT2D eigenvalue weighted by molar-refractivity contribution is 5.24. The predicted molar refractivity (Wildman–Crippen MR) is 34.8 cm³/mol. The van der Waals surface area contributed by atoms with Gasteiger partial charge in [0, 0.05) is 6.20 Å². The van der Waals surface area contributed by atoms with E-state index in [-0.39, 0.29) is 0 Å². The van der Waals surface area contributed by atoms with E-state index in [4.69, 9.17) is 11.5 Å². The van der Waals surface area contributed by atoms with Crippen LogP contribution in [0, 0.1) is 0 Å². The maximum atomic E-state index is 11.8. The molecule has 0 aromatic heterocycles. The van der Waals surface area contributed by atoms with Crippen molar-refractivity contribution in [1.82, 2.24) is 0 Å². The fourth-order valence-corrected chi connectivity index (χ4v) is 0.404. The molecule has 6 heteroatoms. The van der Waals surface area contributed by atoms with Gasteiger partial charge in [0.05, 0.1) is 11.4 Å². The molecule has 0 aliphatic heterocycles. The van der Waals surface area contributed by atoms with E-state index in [9.17, 15) is 13.2 Å². The first-order chi connectivity index (χ1) is 4.88. The van der Waals surface area contributed by atoms with Crippen LogP contribution in [0.25, 0.3) is 0 Å². The number of alkyl halides is 3.